The van der Waals surface area contributed by atoms with Crippen LogP contribution in [0.25, 0.3) is 16.0 Å². The Hall–Kier alpha value is -3.29. The maximum Gasteiger partial charge on any atom is 0.276 e. The number of hydrazine groups is 1. The zero-order chi connectivity index (χ0) is 22.5. The second-order valence-electron chi connectivity index (χ2n) is 8.80. The van der Waals surface area contributed by atoms with E-state index in [1.165, 1.54) is 29.9 Å². The van der Waals surface area contributed by atoms with Gasteiger partial charge in [0.15, 0.2) is 5.78 Å². The van der Waals surface area contributed by atoms with Gasteiger partial charge in [0.2, 0.25) is 0 Å². The maximum atomic E-state index is 13.7. The summed E-state index contributed by atoms with van der Waals surface area (Å²) in [6.45, 7) is 2.86. The number of carbonyl (C=O) groups is 2. The van der Waals surface area contributed by atoms with Crippen LogP contribution in [0.5, 0.6) is 0 Å². The van der Waals surface area contributed by atoms with Gasteiger partial charge < -0.3 is 10.3 Å². The number of anilines is 1. The monoisotopic (exact) mass is 456 g/mol. The smallest absolute Gasteiger partial charge is 0.276 e. The first-order valence-corrected chi connectivity index (χ1v) is 12.2. The summed E-state index contributed by atoms with van der Waals surface area (Å²) in [5.74, 6) is 0.557. The van der Waals surface area contributed by atoms with Crippen LogP contribution in [-0.2, 0) is 6.42 Å². The molecule has 7 heteroatoms. The van der Waals surface area contributed by atoms with E-state index in [0.717, 1.165) is 37.8 Å². The summed E-state index contributed by atoms with van der Waals surface area (Å²) in [6, 6.07) is 15.6. The van der Waals surface area contributed by atoms with Crippen LogP contribution in [-0.4, -0.2) is 29.8 Å². The summed E-state index contributed by atoms with van der Waals surface area (Å²) < 4.78 is 0. The SMILES string of the molecule is CC(=O)c1cc2c(s1)-c1ccccc1N(C(=O)c1cccc(C3=C(C4CC4)NNC3)n1)CC2. The molecule has 2 N–H and O–H groups in total. The van der Waals surface area contributed by atoms with E-state index >= 15 is 0 Å². The summed E-state index contributed by atoms with van der Waals surface area (Å²) in [4.78, 5) is 34.2. The quantitative estimate of drug-likeness (QED) is 0.568. The van der Waals surface area contributed by atoms with Gasteiger partial charge in [-0.3, -0.25) is 9.59 Å². The Bertz CT molecular complexity index is 1320. The van der Waals surface area contributed by atoms with Crippen LogP contribution in [0.15, 0.2) is 54.2 Å². The number of rotatable bonds is 4. The van der Waals surface area contributed by atoms with Gasteiger partial charge in [-0.2, -0.15) is 0 Å². The number of carbonyl (C=O) groups excluding carboxylic acids is 2. The van der Waals surface area contributed by atoms with Crippen LogP contribution in [0.4, 0.5) is 5.69 Å². The highest BCUT2D eigenvalue weighted by molar-refractivity contribution is 7.17. The molecule has 33 heavy (non-hydrogen) atoms. The third-order valence-electron chi connectivity index (χ3n) is 6.52. The highest BCUT2D eigenvalue weighted by Gasteiger charge is 2.32. The number of pyridine rings is 1. The molecule has 0 saturated heterocycles. The van der Waals surface area contributed by atoms with Gasteiger partial charge in [0.25, 0.3) is 5.91 Å². The Morgan fingerprint density at radius 2 is 1.97 bits per heavy atom. The number of allylic oxidation sites excluding steroid dienone is 1. The molecule has 0 atom stereocenters. The largest absolute Gasteiger partial charge is 0.325 e. The Morgan fingerprint density at radius 3 is 2.79 bits per heavy atom. The zero-order valence-corrected chi connectivity index (χ0v) is 19.2. The number of hydrogen-bond donors (Lipinski definition) is 2. The van der Waals surface area contributed by atoms with Gasteiger partial charge in [-0.05, 0) is 56.0 Å². The lowest BCUT2D eigenvalue weighted by Gasteiger charge is -2.23. The van der Waals surface area contributed by atoms with Crippen LogP contribution >= 0.6 is 11.3 Å². The molecule has 2 aliphatic heterocycles. The second kappa shape index (κ2) is 7.93. The van der Waals surface area contributed by atoms with Crippen LogP contribution in [0.1, 0.15) is 51.2 Å². The first-order valence-electron chi connectivity index (χ1n) is 11.3. The third-order valence-corrected chi connectivity index (χ3v) is 7.83. The number of amides is 1. The molecule has 0 spiro atoms. The van der Waals surface area contributed by atoms with E-state index in [4.69, 9.17) is 4.98 Å². The highest BCUT2D eigenvalue weighted by atomic mass is 32.1. The Balaban J connectivity index is 1.37. The average Bonchev–Trinajstić information content (AvgIpc) is 3.44. The van der Waals surface area contributed by atoms with Crippen molar-refractivity contribution in [3.63, 3.8) is 0 Å². The van der Waals surface area contributed by atoms with Gasteiger partial charge in [0.05, 0.1) is 16.3 Å². The normalized spacial score (nSPS) is 17.3. The van der Waals surface area contributed by atoms with Gasteiger partial charge in [-0.25, -0.2) is 10.4 Å². The molecule has 0 radical (unpaired) electrons. The first kappa shape index (κ1) is 20.3. The summed E-state index contributed by atoms with van der Waals surface area (Å²) in [6.07, 6.45) is 3.10. The number of ketones is 1. The molecular weight excluding hydrogens is 432 g/mol. The van der Waals surface area contributed by atoms with Gasteiger partial charge in [0.1, 0.15) is 5.69 Å². The highest BCUT2D eigenvalue weighted by Crippen LogP contribution is 2.42. The van der Waals surface area contributed by atoms with Gasteiger partial charge in [-0.1, -0.05) is 24.3 Å². The Kier molecular flexibility index (Phi) is 4.89. The predicted octanol–water partition coefficient (Wildman–Crippen LogP) is 4.44. The standard InChI is InChI=1S/C26H24N4O2S/c1-15(31)23-13-17-11-12-30(22-8-3-2-5-18(22)25(17)33-23)26(32)21-7-4-6-20(28-21)19-14-27-29-24(19)16-9-10-16/h2-8,13,16,27,29H,9-12,14H2,1H3. The van der Waals surface area contributed by atoms with E-state index in [0.29, 0.717) is 31.1 Å². The summed E-state index contributed by atoms with van der Waals surface area (Å²) in [7, 11) is 0. The summed E-state index contributed by atoms with van der Waals surface area (Å²) in [5.41, 5.74) is 13.2. The molecule has 3 aromatic rings. The van der Waals surface area contributed by atoms with E-state index in [2.05, 4.69) is 10.9 Å². The molecule has 1 aliphatic carbocycles. The molecule has 4 heterocycles. The minimum atomic E-state index is -0.0984. The van der Waals surface area contributed by atoms with Crippen molar-refractivity contribution < 1.29 is 9.59 Å². The molecule has 1 fully saturated rings. The van der Waals surface area contributed by atoms with Crippen LogP contribution in [0.2, 0.25) is 0 Å². The minimum absolute atomic E-state index is 0.0790. The number of fused-ring (bicyclic) bond motifs is 3. The Labute approximate surface area is 196 Å². The third kappa shape index (κ3) is 3.57. The molecule has 1 aromatic carbocycles. The van der Waals surface area contributed by atoms with Gasteiger partial charge in [-0.15, -0.1) is 11.3 Å². The molecule has 1 saturated carbocycles. The Morgan fingerprint density at radius 1 is 1.12 bits per heavy atom. The zero-order valence-electron chi connectivity index (χ0n) is 18.4. The number of aromatic nitrogens is 1. The van der Waals surface area contributed by atoms with Gasteiger partial charge >= 0.3 is 0 Å². The molecule has 6 rings (SSSR count). The van der Waals surface area contributed by atoms with Crippen molar-refractivity contribution in [2.24, 2.45) is 5.92 Å². The van der Waals surface area contributed by atoms with Gasteiger partial charge in [0, 0.05) is 40.7 Å². The lowest BCUT2D eigenvalue weighted by atomic mass is 10.1. The number of benzene rings is 1. The van der Waals surface area contributed by atoms with Crippen molar-refractivity contribution in [1.82, 2.24) is 15.8 Å². The molecule has 6 nitrogen and oxygen atoms in total. The molecular formula is C26H24N4O2S. The van der Waals surface area contributed by atoms with Crippen LogP contribution < -0.4 is 15.8 Å². The summed E-state index contributed by atoms with van der Waals surface area (Å²) in [5, 5.41) is 0. The average molecular weight is 457 g/mol. The molecule has 0 bridgehead atoms. The van der Waals surface area contributed by atoms with E-state index in [1.54, 1.807) is 13.0 Å². The lowest BCUT2D eigenvalue weighted by molar-refractivity contribution is 0.0980. The molecule has 166 valence electrons. The number of hydrogen-bond acceptors (Lipinski definition) is 6. The lowest BCUT2D eigenvalue weighted by Crippen LogP contribution is -2.33. The van der Waals surface area contributed by atoms with Crippen LogP contribution in [0, 0.1) is 5.92 Å². The topological polar surface area (TPSA) is 74.3 Å². The fourth-order valence-corrected chi connectivity index (χ4v) is 5.83. The van der Waals surface area contributed by atoms with Crippen molar-refractivity contribution in [3.8, 4) is 10.4 Å². The van der Waals surface area contributed by atoms with E-state index < -0.39 is 0 Å². The van der Waals surface area contributed by atoms with Crippen molar-refractivity contribution in [1.29, 1.82) is 0 Å². The molecule has 2 aromatic heterocycles. The van der Waals surface area contributed by atoms with Crippen molar-refractivity contribution in [2.45, 2.75) is 26.2 Å². The minimum Gasteiger partial charge on any atom is -0.325 e. The maximum absolute atomic E-state index is 13.7. The molecule has 3 aliphatic rings. The fourth-order valence-electron chi connectivity index (χ4n) is 4.69. The number of para-hydroxylation sites is 1. The van der Waals surface area contributed by atoms with E-state index in [9.17, 15) is 9.59 Å². The van der Waals surface area contributed by atoms with Crippen molar-refractivity contribution in [2.75, 3.05) is 18.0 Å². The predicted molar refractivity (Wildman–Crippen MR) is 130 cm³/mol. The number of Topliss-reactive ketones (excluding diaryl/α,β-unsaturated/α-hetero) is 1. The van der Waals surface area contributed by atoms with E-state index in [1.807, 2.05) is 47.4 Å². The van der Waals surface area contributed by atoms with Crippen molar-refractivity contribution >= 4 is 34.3 Å². The first-order chi connectivity index (χ1) is 16.1. The summed E-state index contributed by atoms with van der Waals surface area (Å²) >= 11 is 1.51. The van der Waals surface area contributed by atoms with E-state index in [-0.39, 0.29) is 11.7 Å². The second-order valence-corrected chi connectivity index (χ2v) is 9.85. The number of nitrogens with one attached hydrogen (secondary N) is 2. The fraction of sp³-hybridized carbons (Fsp3) is 0.269. The molecule has 0 unspecified atom stereocenters. The number of thiophene rings is 1. The number of nitrogens with zero attached hydrogens (tertiary/aromatic N) is 2. The van der Waals surface area contributed by atoms with Crippen molar-refractivity contribution in [3.05, 3.63) is 76.1 Å². The van der Waals surface area contributed by atoms with Crippen LogP contribution in [0.3, 0.4) is 0 Å². The molecule has 1 amide bonds.